The summed E-state index contributed by atoms with van der Waals surface area (Å²) >= 11 is 11.7. The minimum atomic E-state index is -3.44. The van der Waals surface area contributed by atoms with Gasteiger partial charge in [0.1, 0.15) is 0 Å². The van der Waals surface area contributed by atoms with Crippen LogP contribution in [0, 0.1) is 0 Å². The van der Waals surface area contributed by atoms with E-state index < -0.39 is 9.84 Å². The van der Waals surface area contributed by atoms with Crippen LogP contribution in [0.5, 0.6) is 0 Å². The minimum Gasteiger partial charge on any atom is -0.398 e. The molecule has 0 aromatic heterocycles. The molecule has 0 spiro atoms. The molecule has 4 N–H and O–H groups in total. The van der Waals surface area contributed by atoms with Gasteiger partial charge in [0.15, 0.2) is 9.84 Å². The Kier molecular flexibility index (Phi) is 4.66. The van der Waals surface area contributed by atoms with Crippen LogP contribution >= 0.6 is 23.2 Å². The Morgan fingerprint density at radius 2 is 1.19 bits per heavy atom. The van der Waals surface area contributed by atoms with Gasteiger partial charge in [-0.2, -0.15) is 0 Å². The number of nitrogen functional groups attached to an aromatic ring is 2. The van der Waals surface area contributed by atoms with E-state index in [2.05, 4.69) is 0 Å². The van der Waals surface area contributed by atoms with Crippen molar-refractivity contribution in [3.05, 3.63) is 57.6 Å². The highest BCUT2D eigenvalue weighted by molar-refractivity contribution is 7.89. The molecule has 0 saturated carbocycles. The lowest BCUT2D eigenvalue weighted by Crippen LogP contribution is -2.10. The van der Waals surface area contributed by atoms with Gasteiger partial charge in [0.2, 0.25) is 0 Å². The first-order valence-corrected chi connectivity index (χ1v) is 8.63. The summed E-state index contributed by atoms with van der Waals surface area (Å²) in [6, 6.07) is 9.50. The summed E-state index contributed by atoms with van der Waals surface area (Å²) in [4.78, 5) is 0. The molecule has 112 valence electrons. The van der Waals surface area contributed by atoms with E-state index in [1.165, 1.54) is 0 Å². The third-order valence-corrected chi connectivity index (χ3v) is 4.93. The fourth-order valence-corrected chi connectivity index (χ4v) is 3.86. The third-order valence-electron chi connectivity index (χ3n) is 2.96. The van der Waals surface area contributed by atoms with Gasteiger partial charge in [0, 0.05) is 21.4 Å². The van der Waals surface area contributed by atoms with Crippen molar-refractivity contribution in [2.45, 2.75) is 11.5 Å². The fourth-order valence-electron chi connectivity index (χ4n) is 1.92. The maximum atomic E-state index is 12.3. The first kappa shape index (κ1) is 15.9. The Bertz CT molecular complexity index is 717. The van der Waals surface area contributed by atoms with Crippen molar-refractivity contribution >= 4 is 44.4 Å². The molecule has 0 saturated heterocycles. The van der Waals surface area contributed by atoms with Crippen LogP contribution in [0.1, 0.15) is 11.1 Å². The summed E-state index contributed by atoms with van der Waals surface area (Å²) < 4.78 is 24.6. The Morgan fingerprint density at radius 3 is 1.57 bits per heavy atom. The number of benzene rings is 2. The number of halogens is 2. The Hall–Kier alpha value is -1.43. The largest absolute Gasteiger partial charge is 0.398 e. The Balaban J connectivity index is 2.26. The highest BCUT2D eigenvalue weighted by atomic mass is 35.5. The van der Waals surface area contributed by atoms with Crippen LogP contribution in [0.4, 0.5) is 11.4 Å². The molecule has 4 nitrogen and oxygen atoms in total. The number of rotatable bonds is 4. The first-order chi connectivity index (χ1) is 9.77. The summed E-state index contributed by atoms with van der Waals surface area (Å²) in [5.74, 6) is -0.406. The van der Waals surface area contributed by atoms with E-state index in [1.807, 2.05) is 0 Å². The Labute approximate surface area is 133 Å². The zero-order valence-electron chi connectivity index (χ0n) is 11.0. The number of hydrogen-bond donors (Lipinski definition) is 2. The third kappa shape index (κ3) is 4.27. The molecule has 0 aliphatic rings. The van der Waals surface area contributed by atoms with E-state index in [9.17, 15) is 8.42 Å². The standard InChI is InChI=1S/C14H14Cl2N2O2S/c15-11-1-3-13(17)9(5-11)7-21(19,20)8-10-6-12(16)2-4-14(10)18/h1-6H,7-8,17-18H2. The second-order valence-corrected chi connectivity index (χ2v) is 7.66. The topological polar surface area (TPSA) is 86.2 Å². The molecular weight excluding hydrogens is 331 g/mol. The fraction of sp³-hybridized carbons (Fsp3) is 0.143. The van der Waals surface area contributed by atoms with Crippen molar-refractivity contribution in [1.82, 2.24) is 0 Å². The summed E-state index contributed by atoms with van der Waals surface area (Å²) in [7, 11) is -3.44. The number of anilines is 2. The molecule has 0 amide bonds. The number of hydrogen-bond acceptors (Lipinski definition) is 4. The summed E-state index contributed by atoms with van der Waals surface area (Å²) in [6.07, 6.45) is 0. The van der Waals surface area contributed by atoms with E-state index in [0.717, 1.165) is 0 Å². The van der Waals surface area contributed by atoms with Crippen LogP contribution in [0.2, 0.25) is 10.0 Å². The molecule has 0 radical (unpaired) electrons. The van der Waals surface area contributed by atoms with Crippen molar-refractivity contribution in [2.24, 2.45) is 0 Å². The van der Waals surface area contributed by atoms with Gasteiger partial charge in [0.25, 0.3) is 0 Å². The number of sulfone groups is 1. The van der Waals surface area contributed by atoms with Gasteiger partial charge in [-0.1, -0.05) is 23.2 Å². The van der Waals surface area contributed by atoms with Crippen LogP contribution in [0.15, 0.2) is 36.4 Å². The zero-order valence-corrected chi connectivity index (χ0v) is 13.3. The molecule has 7 heteroatoms. The summed E-state index contributed by atoms with van der Waals surface area (Å²) in [5.41, 5.74) is 13.3. The van der Waals surface area contributed by atoms with Gasteiger partial charge >= 0.3 is 0 Å². The van der Waals surface area contributed by atoms with E-state index in [1.54, 1.807) is 36.4 Å². The highest BCUT2D eigenvalue weighted by Crippen LogP contribution is 2.24. The van der Waals surface area contributed by atoms with Gasteiger partial charge in [-0.3, -0.25) is 0 Å². The van der Waals surface area contributed by atoms with Crippen LogP contribution in [-0.2, 0) is 21.3 Å². The van der Waals surface area contributed by atoms with Gasteiger partial charge < -0.3 is 11.5 Å². The molecule has 0 bridgehead atoms. The molecule has 0 atom stereocenters. The highest BCUT2D eigenvalue weighted by Gasteiger charge is 2.17. The molecule has 21 heavy (non-hydrogen) atoms. The van der Waals surface area contributed by atoms with Crippen molar-refractivity contribution in [3.63, 3.8) is 0 Å². The quantitative estimate of drug-likeness (QED) is 0.833. The maximum Gasteiger partial charge on any atom is 0.158 e. The Morgan fingerprint density at radius 1 is 0.810 bits per heavy atom. The zero-order chi connectivity index (χ0) is 15.6. The van der Waals surface area contributed by atoms with Crippen molar-refractivity contribution in [1.29, 1.82) is 0 Å². The minimum absolute atomic E-state index is 0.203. The molecular formula is C14H14Cl2N2O2S. The summed E-state index contributed by atoms with van der Waals surface area (Å²) in [6.45, 7) is 0. The molecule has 2 aromatic rings. The SMILES string of the molecule is Nc1ccc(Cl)cc1CS(=O)(=O)Cc1cc(Cl)ccc1N. The van der Waals surface area contributed by atoms with Crippen molar-refractivity contribution in [2.75, 3.05) is 11.5 Å². The molecule has 0 fully saturated rings. The van der Waals surface area contributed by atoms with E-state index in [0.29, 0.717) is 32.5 Å². The van der Waals surface area contributed by atoms with Crippen molar-refractivity contribution < 1.29 is 8.42 Å². The van der Waals surface area contributed by atoms with E-state index in [-0.39, 0.29) is 11.5 Å². The monoisotopic (exact) mass is 344 g/mol. The van der Waals surface area contributed by atoms with Crippen LogP contribution in [0.25, 0.3) is 0 Å². The van der Waals surface area contributed by atoms with Crippen molar-refractivity contribution in [3.8, 4) is 0 Å². The summed E-state index contributed by atoms with van der Waals surface area (Å²) in [5, 5.41) is 0.883. The lowest BCUT2D eigenvalue weighted by Gasteiger charge is -2.10. The lowest BCUT2D eigenvalue weighted by molar-refractivity contribution is 0.594. The maximum absolute atomic E-state index is 12.3. The van der Waals surface area contributed by atoms with Gasteiger partial charge in [-0.25, -0.2) is 8.42 Å². The van der Waals surface area contributed by atoms with E-state index in [4.69, 9.17) is 34.7 Å². The molecule has 2 rings (SSSR count). The molecule has 0 heterocycles. The molecule has 0 aliphatic heterocycles. The molecule has 0 unspecified atom stereocenters. The van der Waals surface area contributed by atoms with Gasteiger partial charge in [-0.15, -0.1) is 0 Å². The smallest absolute Gasteiger partial charge is 0.158 e. The average Bonchev–Trinajstić information content (AvgIpc) is 2.37. The van der Waals surface area contributed by atoms with Gasteiger partial charge in [-0.05, 0) is 47.5 Å². The average molecular weight is 345 g/mol. The second kappa shape index (κ2) is 6.13. The van der Waals surface area contributed by atoms with Crippen LogP contribution < -0.4 is 11.5 Å². The predicted octanol–water partition coefficient (Wildman–Crippen LogP) is 3.27. The number of nitrogens with two attached hydrogens (primary N) is 2. The second-order valence-electron chi connectivity index (χ2n) is 4.72. The predicted molar refractivity (Wildman–Crippen MR) is 88.1 cm³/mol. The van der Waals surface area contributed by atoms with E-state index >= 15 is 0 Å². The van der Waals surface area contributed by atoms with Gasteiger partial charge in [0.05, 0.1) is 11.5 Å². The molecule has 2 aromatic carbocycles. The first-order valence-electron chi connectivity index (χ1n) is 6.05. The normalized spacial score (nSPS) is 11.5. The lowest BCUT2D eigenvalue weighted by atomic mass is 10.2. The molecule has 0 aliphatic carbocycles. The van der Waals surface area contributed by atoms with Crippen LogP contribution in [0.3, 0.4) is 0 Å². The van der Waals surface area contributed by atoms with Crippen LogP contribution in [-0.4, -0.2) is 8.42 Å².